The maximum atomic E-state index is 12.6. The van der Waals surface area contributed by atoms with Gasteiger partial charge in [0.2, 0.25) is 0 Å². The molecule has 1 aromatic rings. The first-order chi connectivity index (χ1) is 10.1. The number of methoxy groups -OCH3 is 1. The molecule has 21 heavy (non-hydrogen) atoms. The van der Waals surface area contributed by atoms with Crippen LogP contribution in [-0.2, 0) is 11.8 Å². The Hall–Kier alpha value is -1.40. The predicted molar refractivity (Wildman–Crippen MR) is 81.4 cm³/mol. The SMILES string of the molecule is CCC1CN(C(=O)c2cc(C)n(C)n2)CCN1CCOC. The van der Waals surface area contributed by atoms with E-state index in [4.69, 9.17) is 4.74 Å². The van der Waals surface area contributed by atoms with E-state index >= 15 is 0 Å². The summed E-state index contributed by atoms with van der Waals surface area (Å²) in [5, 5.41) is 4.30. The van der Waals surface area contributed by atoms with Crippen molar-refractivity contribution < 1.29 is 9.53 Å². The summed E-state index contributed by atoms with van der Waals surface area (Å²) in [7, 11) is 3.59. The minimum Gasteiger partial charge on any atom is -0.383 e. The van der Waals surface area contributed by atoms with Crippen LogP contribution in [0.15, 0.2) is 6.07 Å². The van der Waals surface area contributed by atoms with E-state index in [1.165, 1.54) is 0 Å². The number of piperazine rings is 1. The maximum Gasteiger partial charge on any atom is 0.274 e. The molecule has 0 aliphatic carbocycles. The molecule has 2 heterocycles. The van der Waals surface area contributed by atoms with E-state index in [0.29, 0.717) is 11.7 Å². The van der Waals surface area contributed by atoms with Crippen molar-refractivity contribution in [1.29, 1.82) is 0 Å². The normalized spacial score (nSPS) is 20.0. The summed E-state index contributed by atoms with van der Waals surface area (Å²) in [6, 6.07) is 2.27. The lowest BCUT2D eigenvalue weighted by Gasteiger charge is -2.40. The molecule has 6 nitrogen and oxygen atoms in total. The maximum absolute atomic E-state index is 12.6. The number of ether oxygens (including phenoxy) is 1. The Bertz CT molecular complexity index is 467. The van der Waals surface area contributed by atoms with Crippen LogP contribution < -0.4 is 0 Å². The monoisotopic (exact) mass is 294 g/mol. The summed E-state index contributed by atoms with van der Waals surface area (Å²) in [4.78, 5) is 16.9. The van der Waals surface area contributed by atoms with E-state index in [2.05, 4.69) is 16.9 Å². The average Bonchev–Trinajstić information content (AvgIpc) is 2.83. The van der Waals surface area contributed by atoms with Crippen molar-refractivity contribution in [3.63, 3.8) is 0 Å². The second-order valence-corrected chi connectivity index (χ2v) is 5.64. The number of carbonyl (C=O) groups is 1. The molecule has 1 atom stereocenters. The number of aryl methyl sites for hydroxylation is 2. The first-order valence-corrected chi connectivity index (χ1v) is 7.59. The number of aromatic nitrogens is 2. The van der Waals surface area contributed by atoms with Gasteiger partial charge in [-0.15, -0.1) is 0 Å². The van der Waals surface area contributed by atoms with Crippen LogP contribution in [0.25, 0.3) is 0 Å². The molecule has 2 rings (SSSR count). The Kier molecular flexibility index (Phi) is 5.36. The Morgan fingerprint density at radius 1 is 1.48 bits per heavy atom. The molecule has 1 fully saturated rings. The van der Waals surface area contributed by atoms with Gasteiger partial charge in [0, 0.05) is 52.1 Å². The van der Waals surface area contributed by atoms with E-state index in [-0.39, 0.29) is 5.91 Å². The van der Waals surface area contributed by atoms with Crippen LogP contribution in [0.4, 0.5) is 0 Å². The van der Waals surface area contributed by atoms with Gasteiger partial charge in [0.15, 0.2) is 5.69 Å². The molecule has 1 saturated heterocycles. The van der Waals surface area contributed by atoms with Gasteiger partial charge in [0.25, 0.3) is 5.91 Å². The molecule has 0 saturated carbocycles. The Labute approximate surface area is 126 Å². The summed E-state index contributed by atoms with van der Waals surface area (Å²) in [6.45, 7) is 8.23. The number of nitrogens with zero attached hydrogens (tertiary/aromatic N) is 4. The fourth-order valence-electron chi connectivity index (χ4n) is 2.79. The topological polar surface area (TPSA) is 50.6 Å². The van der Waals surface area contributed by atoms with E-state index in [1.54, 1.807) is 11.8 Å². The minimum absolute atomic E-state index is 0.0449. The summed E-state index contributed by atoms with van der Waals surface area (Å²) in [5.41, 5.74) is 1.55. The second-order valence-electron chi connectivity index (χ2n) is 5.64. The number of hydrogen-bond acceptors (Lipinski definition) is 4. The molecule has 1 aliphatic heterocycles. The highest BCUT2D eigenvalue weighted by Crippen LogP contribution is 2.15. The lowest BCUT2D eigenvalue weighted by atomic mass is 10.1. The van der Waals surface area contributed by atoms with Gasteiger partial charge in [0.05, 0.1) is 6.61 Å². The summed E-state index contributed by atoms with van der Waals surface area (Å²) in [6.07, 6.45) is 1.04. The summed E-state index contributed by atoms with van der Waals surface area (Å²) in [5.74, 6) is 0.0449. The van der Waals surface area contributed by atoms with Gasteiger partial charge in [-0.1, -0.05) is 6.92 Å². The van der Waals surface area contributed by atoms with Gasteiger partial charge in [-0.2, -0.15) is 5.10 Å². The zero-order chi connectivity index (χ0) is 15.4. The van der Waals surface area contributed by atoms with E-state index in [1.807, 2.05) is 24.9 Å². The first kappa shape index (κ1) is 16.0. The zero-order valence-corrected chi connectivity index (χ0v) is 13.5. The Morgan fingerprint density at radius 3 is 2.81 bits per heavy atom. The molecule has 0 N–H and O–H groups in total. The smallest absolute Gasteiger partial charge is 0.274 e. The van der Waals surface area contributed by atoms with Crippen LogP contribution >= 0.6 is 0 Å². The predicted octanol–water partition coefficient (Wildman–Crippen LogP) is 0.911. The highest BCUT2D eigenvalue weighted by molar-refractivity contribution is 5.92. The Balaban J connectivity index is 2.01. The molecule has 0 bridgehead atoms. The zero-order valence-electron chi connectivity index (χ0n) is 13.5. The standard InChI is InChI=1S/C15H26N4O2/c1-5-13-11-19(7-6-18(13)8-9-21-4)15(20)14-10-12(2)17(3)16-14/h10,13H,5-9,11H2,1-4H3. The summed E-state index contributed by atoms with van der Waals surface area (Å²) < 4.78 is 6.91. The molecule has 1 aliphatic rings. The third kappa shape index (κ3) is 3.63. The largest absolute Gasteiger partial charge is 0.383 e. The summed E-state index contributed by atoms with van der Waals surface area (Å²) >= 11 is 0. The van der Waals surface area contributed by atoms with E-state index in [9.17, 15) is 4.79 Å². The van der Waals surface area contributed by atoms with Crippen molar-refractivity contribution in [2.45, 2.75) is 26.3 Å². The molecule has 0 spiro atoms. The second kappa shape index (κ2) is 7.04. The van der Waals surface area contributed by atoms with E-state index < -0.39 is 0 Å². The number of amides is 1. The molecule has 1 aromatic heterocycles. The van der Waals surface area contributed by atoms with Crippen LogP contribution in [-0.4, -0.2) is 71.4 Å². The molecular formula is C15H26N4O2. The fourth-order valence-corrected chi connectivity index (χ4v) is 2.79. The highest BCUT2D eigenvalue weighted by Gasteiger charge is 2.29. The van der Waals surface area contributed by atoms with Crippen molar-refractivity contribution in [2.24, 2.45) is 7.05 Å². The molecule has 0 radical (unpaired) electrons. The fraction of sp³-hybridized carbons (Fsp3) is 0.733. The molecule has 118 valence electrons. The van der Waals surface area contributed by atoms with Gasteiger partial charge < -0.3 is 9.64 Å². The Morgan fingerprint density at radius 2 is 2.24 bits per heavy atom. The van der Waals surface area contributed by atoms with Crippen LogP contribution in [0.2, 0.25) is 0 Å². The van der Waals surface area contributed by atoms with Crippen LogP contribution in [0.1, 0.15) is 29.5 Å². The molecular weight excluding hydrogens is 268 g/mol. The van der Waals surface area contributed by atoms with Crippen LogP contribution in [0, 0.1) is 6.92 Å². The van der Waals surface area contributed by atoms with Gasteiger partial charge in [-0.25, -0.2) is 0 Å². The van der Waals surface area contributed by atoms with Crippen molar-refractivity contribution in [1.82, 2.24) is 19.6 Å². The molecule has 6 heteroatoms. The van der Waals surface area contributed by atoms with Gasteiger partial charge in [0.1, 0.15) is 0 Å². The average molecular weight is 294 g/mol. The third-order valence-corrected chi connectivity index (χ3v) is 4.28. The van der Waals surface area contributed by atoms with Gasteiger partial charge in [-0.3, -0.25) is 14.4 Å². The lowest BCUT2D eigenvalue weighted by molar-refractivity contribution is 0.0380. The third-order valence-electron chi connectivity index (χ3n) is 4.28. The quantitative estimate of drug-likeness (QED) is 0.810. The highest BCUT2D eigenvalue weighted by atomic mass is 16.5. The van der Waals surface area contributed by atoms with E-state index in [0.717, 1.165) is 44.9 Å². The van der Waals surface area contributed by atoms with Crippen LogP contribution in [0.3, 0.4) is 0 Å². The van der Waals surface area contributed by atoms with Crippen LogP contribution in [0.5, 0.6) is 0 Å². The van der Waals surface area contributed by atoms with Crippen molar-refractivity contribution in [3.8, 4) is 0 Å². The minimum atomic E-state index is 0.0449. The number of hydrogen-bond donors (Lipinski definition) is 0. The molecule has 1 unspecified atom stereocenters. The van der Waals surface area contributed by atoms with Crippen molar-refractivity contribution >= 4 is 5.91 Å². The lowest BCUT2D eigenvalue weighted by Crippen LogP contribution is -2.55. The molecule has 1 amide bonds. The van der Waals surface area contributed by atoms with Crippen molar-refractivity contribution in [3.05, 3.63) is 17.5 Å². The van der Waals surface area contributed by atoms with Gasteiger partial charge >= 0.3 is 0 Å². The number of rotatable bonds is 5. The first-order valence-electron chi connectivity index (χ1n) is 7.59. The van der Waals surface area contributed by atoms with Crippen molar-refractivity contribution in [2.75, 3.05) is 39.9 Å². The molecule has 0 aromatic carbocycles. The number of carbonyl (C=O) groups excluding carboxylic acids is 1. The van der Waals surface area contributed by atoms with Gasteiger partial charge in [-0.05, 0) is 19.4 Å².